The number of benzene rings is 1. The molecule has 5 heteroatoms. The molecule has 1 aromatic carbocycles. The molecule has 1 aromatic rings. The molecule has 2 amide bonds. The molecule has 2 aliphatic rings. The van der Waals surface area contributed by atoms with Crippen LogP contribution >= 0.6 is 0 Å². The highest BCUT2D eigenvalue weighted by molar-refractivity contribution is 5.87. The lowest BCUT2D eigenvalue weighted by molar-refractivity contribution is 0.0149. The molecule has 0 N–H and O–H groups in total. The normalized spacial score (nSPS) is 19.5. The molecule has 0 aromatic heterocycles. The van der Waals surface area contributed by atoms with E-state index < -0.39 is 12.2 Å². The lowest BCUT2D eigenvalue weighted by atomic mass is 9.73. The van der Waals surface area contributed by atoms with E-state index in [9.17, 15) is 9.59 Å². The van der Waals surface area contributed by atoms with Crippen molar-refractivity contribution in [1.29, 1.82) is 0 Å². The van der Waals surface area contributed by atoms with Gasteiger partial charge in [0, 0.05) is 17.4 Å². The zero-order valence-corrected chi connectivity index (χ0v) is 20.8. The lowest BCUT2D eigenvalue weighted by Crippen LogP contribution is -2.43. The second-order valence-electron chi connectivity index (χ2n) is 10.3. The van der Waals surface area contributed by atoms with E-state index in [1.807, 2.05) is 30.3 Å². The van der Waals surface area contributed by atoms with Gasteiger partial charge < -0.3 is 9.47 Å². The highest BCUT2D eigenvalue weighted by Crippen LogP contribution is 2.40. The number of nitrogens with zero attached hydrogens (tertiary/aromatic N) is 1. The molecule has 2 saturated carbocycles. The van der Waals surface area contributed by atoms with Crippen LogP contribution in [0.1, 0.15) is 96.5 Å². The van der Waals surface area contributed by atoms with Gasteiger partial charge in [-0.05, 0) is 50.5 Å². The molecule has 0 radical (unpaired) electrons. The van der Waals surface area contributed by atoms with E-state index in [1.54, 1.807) is 0 Å². The third-order valence-electron chi connectivity index (χ3n) is 8.24. The molecule has 0 unspecified atom stereocenters. The molecule has 2 aliphatic carbocycles. The molecule has 0 spiro atoms. The minimum atomic E-state index is -0.566. The maximum absolute atomic E-state index is 13.1. The van der Waals surface area contributed by atoms with Crippen molar-refractivity contribution in [2.24, 2.45) is 10.8 Å². The van der Waals surface area contributed by atoms with Crippen LogP contribution in [0.5, 0.6) is 0 Å². The summed E-state index contributed by atoms with van der Waals surface area (Å²) in [7, 11) is 0. The van der Waals surface area contributed by atoms with Crippen molar-refractivity contribution in [3.63, 3.8) is 0 Å². The van der Waals surface area contributed by atoms with Crippen molar-refractivity contribution in [3.05, 3.63) is 35.9 Å². The Balaban J connectivity index is 1.63. The van der Waals surface area contributed by atoms with E-state index >= 15 is 0 Å². The number of carbonyl (C=O) groups excluding carboxylic acids is 2. The molecule has 0 heterocycles. The van der Waals surface area contributed by atoms with Gasteiger partial charge in [0.15, 0.2) is 0 Å². The van der Waals surface area contributed by atoms with Crippen molar-refractivity contribution in [3.8, 4) is 0 Å². The summed E-state index contributed by atoms with van der Waals surface area (Å²) in [5, 5.41) is 0. The van der Waals surface area contributed by atoms with Crippen molar-refractivity contribution in [1.82, 2.24) is 4.90 Å². The van der Waals surface area contributed by atoms with Gasteiger partial charge >= 0.3 is 12.2 Å². The molecule has 2 fully saturated rings. The quantitative estimate of drug-likeness (QED) is 0.385. The summed E-state index contributed by atoms with van der Waals surface area (Å²) in [5.74, 6) is 0. The monoisotopic (exact) mass is 457 g/mol. The Bertz CT molecular complexity index is 694. The van der Waals surface area contributed by atoms with Crippen molar-refractivity contribution in [2.45, 2.75) is 97.3 Å². The smallest absolute Gasteiger partial charge is 0.419 e. The number of hydrogen-bond acceptors (Lipinski definition) is 4. The number of hydrogen-bond donors (Lipinski definition) is 0. The van der Waals surface area contributed by atoms with Gasteiger partial charge in [-0.15, -0.1) is 0 Å². The van der Waals surface area contributed by atoms with Gasteiger partial charge in [-0.1, -0.05) is 82.7 Å². The predicted molar refractivity (Wildman–Crippen MR) is 131 cm³/mol. The van der Waals surface area contributed by atoms with Crippen molar-refractivity contribution in [2.75, 3.05) is 19.8 Å². The maximum Gasteiger partial charge on any atom is 0.419 e. The van der Waals surface area contributed by atoms with E-state index in [0.29, 0.717) is 19.6 Å². The molecule has 33 heavy (non-hydrogen) atoms. The minimum absolute atomic E-state index is 0.0529. The Morgan fingerprint density at radius 3 is 1.64 bits per heavy atom. The Hall–Kier alpha value is -2.04. The average Bonchev–Trinajstić information content (AvgIpc) is 2.88. The molecular weight excluding hydrogens is 414 g/mol. The van der Waals surface area contributed by atoms with Crippen molar-refractivity contribution >= 4 is 12.2 Å². The summed E-state index contributed by atoms with van der Waals surface area (Å²) in [6, 6.07) is 9.93. The third kappa shape index (κ3) is 7.22. The van der Waals surface area contributed by atoms with E-state index in [2.05, 4.69) is 13.8 Å². The second kappa shape index (κ2) is 12.4. The van der Waals surface area contributed by atoms with E-state index in [-0.39, 0.29) is 17.4 Å². The largest absolute Gasteiger partial charge is 0.448 e. The molecule has 3 rings (SSSR count). The second-order valence-corrected chi connectivity index (χ2v) is 10.3. The van der Waals surface area contributed by atoms with Crippen molar-refractivity contribution < 1.29 is 19.1 Å². The maximum atomic E-state index is 13.1. The van der Waals surface area contributed by atoms with E-state index in [4.69, 9.17) is 9.47 Å². The molecule has 0 atom stereocenters. The van der Waals surface area contributed by atoms with Crippen LogP contribution in [0.4, 0.5) is 9.59 Å². The summed E-state index contributed by atoms with van der Waals surface area (Å²) in [5.41, 5.74) is 1.19. The molecule has 0 saturated heterocycles. The molecule has 184 valence electrons. The first-order valence-electron chi connectivity index (χ1n) is 13.2. The zero-order chi connectivity index (χ0) is 23.6. The lowest BCUT2D eigenvalue weighted by Gasteiger charge is -2.37. The van der Waals surface area contributed by atoms with Gasteiger partial charge in [-0.3, -0.25) is 0 Å². The predicted octanol–water partition coefficient (Wildman–Crippen LogP) is 7.53. The van der Waals surface area contributed by atoms with Gasteiger partial charge in [-0.2, -0.15) is 0 Å². The average molecular weight is 458 g/mol. The summed E-state index contributed by atoms with van der Waals surface area (Å²) < 4.78 is 11.6. The van der Waals surface area contributed by atoms with Crippen LogP contribution in [0.15, 0.2) is 30.3 Å². The fourth-order valence-electron chi connectivity index (χ4n) is 5.53. The SMILES string of the molecule is CCC1(COC(=O)N(CCc2ccccc2)C(=O)OCC2(CC)CCCCC2)CCCCC1. The Morgan fingerprint density at radius 1 is 0.758 bits per heavy atom. The third-order valence-corrected chi connectivity index (χ3v) is 8.24. The highest BCUT2D eigenvalue weighted by atomic mass is 16.6. The summed E-state index contributed by atoms with van der Waals surface area (Å²) in [6.45, 7) is 5.39. The van der Waals surface area contributed by atoms with Crippen LogP contribution in [0, 0.1) is 10.8 Å². The number of carbonyl (C=O) groups is 2. The topological polar surface area (TPSA) is 55.8 Å². The van der Waals surface area contributed by atoms with Crippen LogP contribution in [0.25, 0.3) is 0 Å². The fraction of sp³-hybridized carbons (Fsp3) is 0.714. The van der Waals surface area contributed by atoms with Crippen LogP contribution in [0.3, 0.4) is 0 Å². The van der Waals surface area contributed by atoms with Gasteiger partial charge in [0.2, 0.25) is 0 Å². The molecule has 5 nitrogen and oxygen atoms in total. The number of imide groups is 1. The summed E-state index contributed by atoms with van der Waals surface area (Å²) >= 11 is 0. The first-order chi connectivity index (χ1) is 16.0. The van der Waals surface area contributed by atoms with E-state index in [1.165, 1.54) is 43.4 Å². The Morgan fingerprint density at radius 2 is 1.21 bits per heavy atom. The standard InChI is InChI=1S/C28H43NO4/c1-3-27(17-10-6-11-18-27)22-32-25(30)29(21-16-24-14-8-5-9-15-24)26(31)33-23-28(4-2)19-12-7-13-20-28/h5,8-9,14-15H,3-4,6-7,10-13,16-23H2,1-2H3. The van der Waals surface area contributed by atoms with Gasteiger partial charge in [0.05, 0.1) is 13.2 Å². The van der Waals surface area contributed by atoms with E-state index in [0.717, 1.165) is 44.1 Å². The number of amides is 2. The first kappa shape index (κ1) is 25.6. The molecule has 0 aliphatic heterocycles. The van der Waals surface area contributed by atoms with Crippen LogP contribution in [0.2, 0.25) is 0 Å². The van der Waals surface area contributed by atoms with Crippen LogP contribution < -0.4 is 0 Å². The Labute approximate surface area is 200 Å². The van der Waals surface area contributed by atoms with Gasteiger partial charge in [0.1, 0.15) is 0 Å². The zero-order valence-electron chi connectivity index (χ0n) is 20.8. The Kier molecular flexibility index (Phi) is 9.64. The summed E-state index contributed by atoms with van der Waals surface area (Å²) in [6.07, 6.45) is 13.0. The molecular formula is C28H43NO4. The van der Waals surface area contributed by atoms with Crippen LogP contribution in [-0.2, 0) is 15.9 Å². The molecule has 0 bridgehead atoms. The fourth-order valence-corrected chi connectivity index (χ4v) is 5.53. The van der Waals surface area contributed by atoms with Gasteiger partial charge in [0.25, 0.3) is 0 Å². The number of ether oxygens (including phenoxy) is 2. The van der Waals surface area contributed by atoms with Gasteiger partial charge in [-0.25, -0.2) is 14.5 Å². The first-order valence-corrected chi connectivity index (χ1v) is 13.2. The summed E-state index contributed by atoms with van der Waals surface area (Å²) in [4.78, 5) is 27.4. The minimum Gasteiger partial charge on any atom is -0.448 e. The number of rotatable bonds is 9. The highest BCUT2D eigenvalue weighted by Gasteiger charge is 2.35. The van der Waals surface area contributed by atoms with Crippen LogP contribution in [-0.4, -0.2) is 36.8 Å².